The fourth-order valence-electron chi connectivity index (χ4n) is 2.54. The maximum absolute atomic E-state index is 11.5. The van der Waals surface area contributed by atoms with E-state index in [1.165, 1.54) is 0 Å². The van der Waals surface area contributed by atoms with Crippen LogP contribution >= 0.6 is 0 Å². The van der Waals surface area contributed by atoms with Crippen molar-refractivity contribution in [2.75, 3.05) is 0 Å². The van der Waals surface area contributed by atoms with Crippen LogP contribution in [0.3, 0.4) is 0 Å². The molecule has 0 aliphatic carbocycles. The molecule has 68 valence electrons. The fourth-order valence-corrected chi connectivity index (χ4v) is 2.54. The number of imide groups is 1. The first-order chi connectivity index (χ1) is 6.14. The Morgan fingerprint density at radius 3 is 2.92 bits per heavy atom. The largest absolute Gasteiger partial charge is 0.365 e. The minimum absolute atomic E-state index is 0.190. The van der Waals surface area contributed by atoms with E-state index in [-0.39, 0.29) is 29.9 Å². The van der Waals surface area contributed by atoms with Crippen LogP contribution in [0, 0.1) is 11.3 Å². The number of hydrogen-bond acceptors (Lipinski definition) is 3. The van der Waals surface area contributed by atoms with Gasteiger partial charge in [0.25, 0.3) is 0 Å². The van der Waals surface area contributed by atoms with E-state index in [9.17, 15) is 9.59 Å². The molecule has 13 heavy (non-hydrogen) atoms. The summed E-state index contributed by atoms with van der Waals surface area (Å²) in [6.45, 7) is 1.80. The summed E-state index contributed by atoms with van der Waals surface area (Å²) in [5.41, 5.74) is -0.656. The second-order valence-corrected chi connectivity index (χ2v) is 3.98. The van der Waals surface area contributed by atoms with Gasteiger partial charge in [-0.15, -0.1) is 0 Å². The number of carbonyl (C=O) groups excluding carboxylic acids is 2. The third-order valence-corrected chi connectivity index (χ3v) is 3.35. The summed E-state index contributed by atoms with van der Waals surface area (Å²) in [5, 5.41) is 2.36. The highest BCUT2D eigenvalue weighted by molar-refractivity contribution is 6.08. The van der Waals surface area contributed by atoms with E-state index in [1.54, 1.807) is 6.92 Å². The lowest BCUT2D eigenvalue weighted by atomic mass is 9.72. The van der Waals surface area contributed by atoms with Crippen molar-refractivity contribution in [3.63, 3.8) is 0 Å². The first-order valence-corrected chi connectivity index (χ1v) is 4.33. The van der Waals surface area contributed by atoms with Gasteiger partial charge in [0.05, 0.1) is 23.5 Å². The molecule has 1 N–H and O–H groups in total. The van der Waals surface area contributed by atoms with Gasteiger partial charge in [0.1, 0.15) is 0 Å². The van der Waals surface area contributed by atoms with Crippen molar-refractivity contribution in [2.24, 2.45) is 11.3 Å². The van der Waals surface area contributed by atoms with Gasteiger partial charge in [0.15, 0.2) is 0 Å². The molecule has 3 aliphatic rings. The lowest BCUT2D eigenvalue weighted by molar-refractivity contribution is -0.130. The van der Waals surface area contributed by atoms with Gasteiger partial charge in [-0.3, -0.25) is 14.9 Å². The maximum Gasteiger partial charge on any atom is 0.236 e. The molecule has 3 aliphatic heterocycles. The molecule has 0 radical (unpaired) electrons. The molecule has 4 heteroatoms. The molecule has 0 spiro atoms. The van der Waals surface area contributed by atoms with Gasteiger partial charge in [-0.2, -0.15) is 0 Å². The minimum atomic E-state index is -0.656. The molecule has 3 heterocycles. The summed E-state index contributed by atoms with van der Waals surface area (Å²) in [4.78, 5) is 22.9. The average Bonchev–Trinajstić information content (AvgIpc) is 2.66. The molecule has 0 saturated carbocycles. The van der Waals surface area contributed by atoms with Crippen LogP contribution in [-0.4, -0.2) is 24.0 Å². The number of amides is 2. The van der Waals surface area contributed by atoms with Gasteiger partial charge in [-0.05, 0) is 6.92 Å². The van der Waals surface area contributed by atoms with Crippen LogP contribution in [0.2, 0.25) is 0 Å². The van der Waals surface area contributed by atoms with E-state index >= 15 is 0 Å². The zero-order valence-electron chi connectivity index (χ0n) is 7.11. The molecular weight excluding hydrogens is 170 g/mol. The highest BCUT2D eigenvalue weighted by Crippen LogP contribution is 2.51. The van der Waals surface area contributed by atoms with E-state index in [4.69, 9.17) is 4.74 Å². The first kappa shape index (κ1) is 7.26. The van der Waals surface area contributed by atoms with Crippen LogP contribution in [0.5, 0.6) is 0 Å². The summed E-state index contributed by atoms with van der Waals surface area (Å²) >= 11 is 0. The van der Waals surface area contributed by atoms with Crippen molar-refractivity contribution in [1.29, 1.82) is 0 Å². The summed E-state index contributed by atoms with van der Waals surface area (Å²) in [7, 11) is 0. The van der Waals surface area contributed by atoms with Crippen LogP contribution in [0.25, 0.3) is 0 Å². The molecule has 2 bridgehead atoms. The van der Waals surface area contributed by atoms with Gasteiger partial charge < -0.3 is 4.74 Å². The number of ether oxygens (including phenoxy) is 1. The molecule has 4 unspecified atom stereocenters. The van der Waals surface area contributed by atoms with Crippen molar-refractivity contribution in [3.8, 4) is 0 Å². The smallest absolute Gasteiger partial charge is 0.236 e. The number of hydrogen-bond donors (Lipinski definition) is 1. The number of fused-ring (bicyclic) bond motifs is 5. The summed E-state index contributed by atoms with van der Waals surface area (Å²) < 4.78 is 5.49. The predicted molar refractivity (Wildman–Crippen MR) is 42.5 cm³/mol. The Kier molecular flexibility index (Phi) is 1.03. The van der Waals surface area contributed by atoms with E-state index in [0.29, 0.717) is 0 Å². The third kappa shape index (κ3) is 0.592. The average molecular weight is 179 g/mol. The van der Waals surface area contributed by atoms with Crippen molar-refractivity contribution >= 4 is 11.8 Å². The Labute approximate surface area is 74.9 Å². The topological polar surface area (TPSA) is 55.4 Å². The molecule has 0 aromatic carbocycles. The van der Waals surface area contributed by atoms with Gasteiger partial charge in [-0.25, -0.2) is 0 Å². The monoisotopic (exact) mass is 179 g/mol. The molecule has 4 nitrogen and oxygen atoms in total. The lowest BCUT2D eigenvalue weighted by Crippen LogP contribution is -2.39. The van der Waals surface area contributed by atoms with E-state index in [1.807, 2.05) is 12.2 Å². The second kappa shape index (κ2) is 1.85. The predicted octanol–water partition coefficient (Wildman–Crippen LogP) is -0.398. The maximum atomic E-state index is 11.5. The molecule has 2 fully saturated rings. The quantitative estimate of drug-likeness (QED) is 0.406. The summed E-state index contributed by atoms with van der Waals surface area (Å²) in [6, 6.07) is 0. The lowest BCUT2D eigenvalue weighted by Gasteiger charge is -2.24. The fraction of sp³-hybridized carbons (Fsp3) is 0.556. The summed E-state index contributed by atoms with van der Waals surface area (Å²) in [6.07, 6.45) is 3.34. The van der Waals surface area contributed by atoms with Gasteiger partial charge in [0, 0.05) is 0 Å². The van der Waals surface area contributed by atoms with Crippen LogP contribution in [-0.2, 0) is 14.3 Å². The zero-order chi connectivity index (χ0) is 9.22. The van der Waals surface area contributed by atoms with Crippen LogP contribution in [0.1, 0.15) is 6.92 Å². The highest BCUT2D eigenvalue weighted by Gasteiger charge is 2.65. The first-order valence-electron chi connectivity index (χ1n) is 4.33. The van der Waals surface area contributed by atoms with Crippen molar-refractivity contribution in [1.82, 2.24) is 5.32 Å². The molecule has 2 saturated heterocycles. The van der Waals surface area contributed by atoms with E-state index in [0.717, 1.165) is 0 Å². The second-order valence-electron chi connectivity index (χ2n) is 3.98. The Morgan fingerprint density at radius 2 is 2.23 bits per heavy atom. The summed E-state index contributed by atoms with van der Waals surface area (Å²) in [5.74, 6) is -0.696. The Bertz CT molecular complexity index is 349. The van der Waals surface area contributed by atoms with Crippen molar-refractivity contribution < 1.29 is 14.3 Å². The van der Waals surface area contributed by atoms with E-state index < -0.39 is 5.41 Å². The number of nitrogens with one attached hydrogen (secondary N) is 1. The molecule has 2 amide bonds. The van der Waals surface area contributed by atoms with Crippen molar-refractivity contribution in [3.05, 3.63) is 12.2 Å². The molecule has 4 atom stereocenters. The molecule has 0 aromatic rings. The highest BCUT2D eigenvalue weighted by atomic mass is 16.5. The van der Waals surface area contributed by atoms with Gasteiger partial charge >= 0.3 is 0 Å². The molecule has 3 rings (SSSR count). The number of rotatable bonds is 0. The minimum Gasteiger partial charge on any atom is -0.365 e. The SMILES string of the molecule is CC12C(=O)NC(=O)C1C1C=CC2O1. The van der Waals surface area contributed by atoms with E-state index in [2.05, 4.69) is 5.32 Å². The Morgan fingerprint density at radius 1 is 1.46 bits per heavy atom. The molecular formula is C9H9NO3. The Balaban J connectivity index is 2.17. The van der Waals surface area contributed by atoms with Crippen molar-refractivity contribution in [2.45, 2.75) is 19.1 Å². The normalized spacial score (nSPS) is 51.3. The standard InChI is InChI=1S/C9H9NO3/c1-9-5-3-2-4(13-5)6(9)7(11)10-8(9)12/h2-6H,1H3,(H,10,11,12). The van der Waals surface area contributed by atoms with Gasteiger partial charge in [-0.1, -0.05) is 12.2 Å². The van der Waals surface area contributed by atoms with Crippen LogP contribution < -0.4 is 5.32 Å². The zero-order valence-corrected chi connectivity index (χ0v) is 7.11. The van der Waals surface area contributed by atoms with Crippen LogP contribution in [0.15, 0.2) is 12.2 Å². The molecule has 0 aromatic heterocycles. The Hall–Kier alpha value is -1.16. The van der Waals surface area contributed by atoms with Gasteiger partial charge in [0.2, 0.25) is 11.8 Å². The third-order valence-electron chi connectivity index (χ3n) is 3.35. The number of carbonyl (C=O) groups is 2. The van der Waals surface area contributed by atoms with Crippen LogP contribution in [0.4, 0.5) is 0 Å².